The lowest BCUT2D eigenvalue weighted by atomic mass is 10.1. The first-order valence-electron chi connectivity index (χ1n) is 7.00. The van der Waals surface area contributed by atoms with Gasteiger partial charge >= 0.3 is 5.97 Å². The molecule has 24 heavy (non-hydrogen) atoms. The number of ether oxygens (including phenoxy) is 1. The lowest BCUT2D eigenvalue weighted by molar-refractivity contribution is -0.118. The van der Waals surface area contributed by atoms with E-state index in [2.05, 4.69) is 37.2 Å². The number of carboxylic acids is 1. The summed E-state index contributed by atoms with van der Waals surface area (Å²) in [5, 5.41) is 11.8. The first kappa shape index (κ1) is 18.5. The maximum Gasteiger partial charge on any atom is 0.336 e. The first-order chi connectivity index (χ1) is 11.3. The van der Waals surface area contributed by atoms with Crippen LogP contribution in [0.4, 0.5) is 5.69 Å². The van der Waals surface area contributed by atoms with E-state index in [1.807, 2.05) is 19.1 Å². The van der Waals surface area contributed by atoms with Crippen LogP contribution in [-0.4, -0.2) is 23.6 Å². The van der Waals surface area contributed by atoms with Gasteiger partial charge in [0.25, 0.3) is 5.91 Å². The molecule has 5 nitrogen and oxygen atoms in total. The summed E-state index contributed by atoms with van der Waals surface area (Å²) in [6, 6.07) is 8.45. The van der Waals surface area contributed by atoms with Crippen LogP contribution in [0, 0.1) is 13.8 Å². The number of amides is 1. The summed E-state index contributed by atoms with van der Waals surface area (Å²) in [6.07, 6.45) is 0. The Balaban J connectivity index is 2.08. The number of benzene rings is 2. The largest absolute Gasteiger partial charge is 0.482 e. The molecule has 1 amide bonds. The van der Waals surface area contributed by atoms with Crippen molar-refractivity contribution in [3.05, 3.63) is 56.0 Å². The van der Waals surface area contributed by atoms with Crippen LogP contribution in [0.15, 0.2) is 39.3 Å². The predicted octanol–water partition coefficient (Wildman–Crippen LogP) is 4.54. The second kappa shape index (κ2) is 7.81. The van der Waals surface area contributed by atoms with Crippen LogP contribution in [-0.2, 0) is 4.79 Å². The number of nitrogens with one attached hydrogen (secondary N) is 1. The molecule has 0 aromatic heterocycles. The number of carbonyl (C=O) groups excluding carboxylic acids is 1. The molecule has 0 radical (unpaired) electrons. The number of halogens is 2. The van der Waals surface area contributed by atoms with Crippen molar-refractivity contribution >= 4 is 49.4 Å². The molecular weight excluding hydrogens is 442 g/mol. The van der Waals surface area contributed by atoms with Crippen LogP contribution in [0.2, 0.25) is 0 Å². The molecule has 0 saturated heterocycles. The first-order valence-corrected chi connectivity index (χ1v) is 8.59. The third-order valence-electron chi connectivity index (χ3n) is 3.38. The molecule has 0 saturated carbocycles. The van der Waals surface area contributed by atoms with Crippen LogP contribution < -0.4 is 10.1 Å². The number of carbonyl (C=O) groups is 2. The zero-order valence-corrected chi connectivity index (χ0v) is 16.2. The van der Waals surface area contributed by atoms with Gasteiger partial charge in [-0.15, -0.1) is 0 Å². The van der Waals surface area contributed by atoms with E-state index >= 15 is 0 Å². The normalized spacial score (nSPS) is 10.3. The number of aryl methyl sites for hydroxylation is 1. The molecule has 0 aliphatic rings. The molecule has 126 valence electrons. The van der Waals surface area contributed by atoms with Gasteiger partial charge in [-0.1, -0.05) is 22.0 Å². The van der Waals surface area contributed by atoms with Crippen LogP contribution >= 0.6 is 31.9 Å². The predicted molar refractivity (Wildman–Crippen MR) is 98.8 cm³/mol. The highest BCUT2D eigenvalue weighted by molar-refractivity contribution is 9.11. The third kappa shape index (κ3) is 4.36. The molecule has 0 fully saturated rings. The van der Waals surface area contributed by atoms with Gasteiger partial charge in [-0.2, -0.15) is 0 Å². The molecule has 0 unspecified atom stereocenters. The highest BCUT2D eigenvalue weighted by Gasteiger charge is 2.13. The van der Waals surface area contributed by atoms with Gasteiger partial charge in [0.05, 0.1) is 10.0 Å². The lowest BCUT2D eigenvalue weighted by Crippen LogP contribution is -2.21. The van der Waals surface area contributed by atoms with Gasteiger partial charge in [0, 0.05) is 10.2 Å². The average Bonchev–Trinajstić information content (AvgIpc) is 2.48. The van der Waals surface area contributed by atoms with Crippen molar-refractivity contribution in [2.45, 2.75) is 13.8 Å². The minimum atomic E-state index is -1.03. The summed E-state index contributed by atoms with van der Waals surface area (Å²) >= 11 is 6.78. The summed E-state index contributed by atoms with van der Waals surface area (Å²) in [4.78, 5) is 23.2. The Bertz CT molecular complexity index is 782. The third-order valence-corrected chi connectivity index (χ3v) is 4.43. The van der Waals surface area contributed by atoms with Crippen LogP contribution in [0.1, 0.15) is 21.5 Å². The van der Waals surface area contributed by atoms with Crippen LogP contribution in [0.3, 0.4) is 0 Å². The summed E-state index contributed by atoms with van der Waals surface area (Å²) < 4.78 is 7.23. The second-order valence-electron chi connectivity index (χ2n) is 5.15. The van der Waals surface area contributed by atoms with Crippen molar-refractivity contribution in [3.8, 4) is 5.75 Å². The summed E-state index contributed by atoms with van der Waals surface area (Å²) in [5.41, 5.74) is 1.99. The molecule has 7 heteroatoms. The average molecular weight is 457 g/mol. The molecular formula is C17H15Br2NO4. The summed E-state index contributed by atoms with van der Waals surface area (Å²) in [7, 11) is 0. The van der Waals surface area contributed by atoms with E-state index in [0.29, 0.717) is 17.0 Å². The van der Waals surface area contributed by atoms with E-state index in [1.54, 1.807) is 19.1 Å². The molecule has 0 atom stereocenters. The number of rotatable bonds is 5. The summed E-state index contributed by atoms with van der Waals surface area (Å²) in [5.74, 6) is -0.812. The molecule has 0 aliphatic carbocycles. The number of hydrogen-bond acceptors (Lipinski definition) is 3. The van der Waals surface area contributed by atoms with Crippen LogP contribution in [0.25, 0.3) is 0 Å². The van der Waals surface area contributed by atoms with E-state index in [-0.39, 0.29) is 18.1 Å². The van der Waals surface area contributed by atoms with Crippen molar-refractivity contribution in [1.82, 2.24) is 0 Å². The zero-order chi connectivity index (χ0) is 17.9. The highest BCUT2D eigenvalue weighted by Crippen LogP contribution is 2.32. The van der Waals surface area contributed by atoms with Gasteiger partial charge in [-0.3, -0.25) is 4.79 Å². The molecule has 2 aromatic rings. The minimum absolute atomic E-state index is 0.153. The number of carboxylic acid groups (broad SMARTS) is 1. The van der Waals surface area contributed by atoms with Gasteiger partial charge in [-0.05, 0) is 65.2 Å². The Morgan fingerprint density at radius 2 is 1.92 bits per heavy atom. The van der Waals surface area contributed by atoms with Crippen molar-refractivity contribution < 1.29 is 19.4 Å². The number of hydrogen-bond donors (Lipinski definition) is 2. The topological polar surface area (TPSA) is 75.6 Å². The van der Waals surface area contributed by atoms with Crippen molar-refractivity contribution in [3.63, 3.8) is 0 Å². The monoisotopic (exact) mass is 455 g/mol. The summed E-state index contributed by atoms with van der Waals surface area (Å²) in [6.45, 7) is 3.34. The van der Waals surface area contributed by atoms with Crippen LogP contribution in [0.5, 0.6) is 5.75 Å². The van der Waals surface area contributed by atoms with Crippen molar-refractivity contribution in [2.24, 2.45) is 0 Å². The van der Waals surface area contributed by atoms with E-state index in [0.717, 1.165) is 14.5 Å². The lowest BCUT2D eigenvalue weighted by Gasteiger charge is -2.13. The fraction of sp³-hybridized carbons (Fsp3) is 0.176. The Hall–Kier alpha value is -1.86. The molecule has 0 aliphatic heterocycles. The van der Waals surface area contributed by atoms with Gasteiger partial charge in [0.2, 0.25) is 0 Å². The molecule has 0 heterocycles. The molecule has 2 N–H and O–H groups in total. The molecule has 2 aromatic carbocycles. The zero-order valence-electron chi connectivity index (χ0n) is 13.0. The quantitative estimate of drug-likeness (QED) is 0.692. The maximum atomic E-state index is 12.1. The molecule has 0 spiro atoms. The van der Waals surface area contributed by atoms with Gasteiger partial charge in [0.15, 0.2) is 6.61 Å². The fourth-order valence-electron chi connectivity index (χ4n) is 2.20. The van der Waals surface area contributed by atoms with Gasteiger partial charge in [-0.25, -0.2) is 4.79 Å². The Morgan fingerprint density at radius 3 is 2.54 bits per heavy atom. The number of anilines is 1. The van der Waals surface area contributed by atoms with Crippen molar-refractivity contribution in [2.75, 3.05) is 11.9 Å². The minimum Gasteiger partial charge on any atom is -0.482 e. The van der Waals surface area contributed by atoms with Gasteiger partial charge < -0.3 is 15.2 Å². The second-order valence-corrected chi connectivity index (χ2v) is 6.92. The Kier molecular flexibility index (Phi) is 6.01. The SMILES string of the molecule is Cc1cc(Br)cc(Br)c1OCC(=O)Nc1cccc(C(=O)O)c1C. The van der Waals surface area contributed by atoms with Crippen molar-refractivity contribution in [1.29, 1.82) is 0 Å². The molecule has 0 bridgehead atoms. The van der Waals surface area contributed by atoms with E-state index < -0.39 is 5.97 Å². The number of aromatic carboxylic acids is 1. The standard InChI is InChI=1S/C17H15Br2NO4/c1-9-6-11(18)7-13(19)16(9)24-8-15(21)20-14-5-3-4-12(10(14)2)17(22)23/h3-7H,8H2,1-2H3,(H,20,21)(H,22,23). The van der Waals surface area contributed by atoms with E-state index in [9.17, 15) is 9.59 Å². The fourth-order valence-corrected chi connectivity index (χ4v) is 3.75. The highest BCUT2D eigenvalue weighted by atomic mass is 79.9. The Labute approximate surface area is 156 Å². The van der Waals surface area contributed by atoms with Gasteiger partial charge in [0.1, 0.15) is 5.75 Å². The van der Waals surface area contributed by atoms with E-state index in [4.69, 9.17) is 9.84 Å². The Morgan fingerprint density at radius 1 is 1.21 bits per heavy atom. The van der Waals surface area contributed by atoms with E-state index in [1.165, 1.54) is 6.07 Å². The maximum absolute atomic E-state index is 12.1. The molecule has 2 rings (SSSR count). The smallest absolute Gasteiger partial charge is 0.336 e.